The molecule has 128 valence electrons. The number of aliphatic carboxylic acids is 1. The van der Waals surface area contributed by atoms with Gasteiger partial charge in [-0.3, -0.25) is 4.79 Å². The van der Waals surface area contributed by atoms with E-state index in [9.17, 15) is 14.7 Å². The number of carboxylic acid groups (broad SMARTS) is 1. The highest BCUT2D eigenvalue weighted by Gasteiger charge is 2.24. The summed E-state index contributed by atoms with van der Waals surface area (Å²) < 4.78 is 1.60. The summed E-state index contributed by atoms with van der Waals surface area (Å²) in [5.41, 5.74) is 1.07. The SMILES string of the molecule is CCc1c(C(=O)N[C@H](CC(C)C)C(=O)O)cnn1-c1ccccn1. The molecule has 0 saturated carbocycles. The zero-order valence-electron chi connectivity index (χ0n) is 14.1. The molecule has 24 heavy (non-hydrogen) atoms. The van der Waals surface area contributed by atoms with Crippen molar-refractivity contribution >= 4 is 11.9 Å². The van der Waals surface area contributed by atoms with Crippen molar-refractivity contribution in [1.82, 2.24) is 20.1 Å². The van der Waals surface area contributed by atoms with E-state index in [0.29, 0.717) is 29.9 Å². The summed E-state index contributed by atoms with van der Waals surface area (Å²) in [6, 6.07) is 4.52. The van der Waals surface area contributed by atoms with Crippen LogP contribution in [0, 0.1) is 5.92 Å². The molecule has 2 aromatic rings. The van der Waals surface area contributed by atoms with Gasteiger partial charge < -0.3 is 10.4 Å². The maximum Gasteiger partial charge on any atom is 0.326 e. The molecule has 0 radical (unpaired) electrons. The van der Waals surface area contributed by atoms with E-state index in [1.807, 2.05) is 26.8 Å². The van der Waals surface area contributed by atoms with Gasteiger partial charge in [0.1, 0.15) is 6.04 Å². The molecule has 2 N–H and O–H groups in total. The summed E-state index contributed by atoms with van der Waals surface area (Å²) in [6.07, 6.45) is 4.05. The number of carbonyl (C=O) groups excluding carboxylic acids is 1. The molecule has 0 unspecified atom stereocenters. The maximum atomic E-state index is 12.5. The van der Waals surface area contributed by atoms with Crippen molar-refractivity contribution in [2.24, 2.45) is 5.92 Å². The summed E-state index contributed by atoms with van der Waals surface area (Å²) in [6.45, 7) is 5.74. The van der Waals surface area contributed by atoms with E-state index in [0.717, 1.165) is 0 Å². The van der Waals surface area contributed by atoms with Crippen LogP contribution >= 0.6 is 0 Å². The number of hydrogen-bond acceptors (Lipinski definition) is 4. The number of aromatic nitrogens is 3. The molecule has 0 saturated heterocycles. The minimum atomic E-state index is -1.03. The lowest BCUT2D eigenvalue weighted by Gasteiger charge is -2.16. The van der Waals surface area contributed by atoms with Crippen LogP contribution in [0.15, 0.2) is 30.6 Å². The lowest BCUT2D eigenvalue weighted by atomic mass is 10.0. The predicted octanol–water partition coefficient (Wildman–Crippen LogP) is 2.06. The molecule has 1 atom stereocenters. The van der Waals surface area contributed by atoms with E-state index < -0.39 is 17.9 Å². The first-order chi connectivity index (χ1) is 11.4. The molecule has 0 fully saturated rings. The van der Waals surface area contributed by atoms with Crippen LogP contribution in [-0.4, -0.2) is 37.8 Å². The lowest BCUT2D eigenvalue weighted by Crippen LogP contribution is -2.41. The average Bonchev–Trinajstić information content (AvgIpc) is 2.98. The Hall–Kier alpha value is -2.70. The standard InChI is InChI=1S/C17H22N4O3/c1-4-14-12(10-19-21(14)15-7-5-6-8-18-15)16(22)20-13(17(23)24)9-11(2)3/h5-8,10-11,13H,4,9H2,1-3H3,(H,20,22)(H,23,24)/t13-/m1/s1. The quantitative estimate of drug-likeness (QED) is 0.810. The van der Waals surface area contributed by atoms with Crippen LogP contribution in [0.3, 0.4) is 0 Å². The first-order valence-corrected chi connectivity index (χ1v) is 7.96. The van der Waals surface area contributed by atoms with Crippen molar-refractivity contribution in [3.63, 3.8) is 0 Å². The third kappa shape index (κ3) is 3.98. The molecule has 0 aliphatic rings. The summed E-state index contributed by atoms with van der Waals surface area (Å²) >= 11 is 0. The Morgan fingerprint density at radius 3 is 2.62 bits per heavy atom. The van der Waals surface area contributed by atoms with E-state index in [1.165, 1.54) is 6.20 Å². The Morgan fingerprint density at radius 2 is 2.08 bits per heavy atom. The largest absolute Gasteiger partial charge is 0.480 e. The van der Waals surface area contributed by atoms with Gasteiger partial charge in [-0.05, 0) is 30.9 Å². The van der Waals surface area contributed by atoms with Gasteiger partial charge in [-0.1, -0.05) is 26.8 Å². The van der Waals surface area contributed by atoms with Crippen LogP contribution in [0.2, 0.25) is 0 Å². The first kappa shape index (κ1) is 17.7. The lowest BCUT2D eigenvalue weighted by molar-refractivity contribution is -0.139. The van der Waals surface area contributed by atoms with Crippen molar-refractivity contribution in [2.45, 2.75) is 39.7 Å². The fourth-order valence-corrected chi connectivity index (χ4v) is 2.51. The Balaban J connectivity index is 2.27. The van der Waals surface area contributed by atoms with Gasteiger partial charge in [0, 0.05) is 6.20 Å². The second-order valence-electron chi connectivity index (χ2n) is 5.95. The number of rotatable bonds is 7. The van der Waals surface area contributed by atoms with Gasteiger partial charge in [-0.2, -0.15) is 5.10 Å². The number of nitrogens with one attached hydrogen (secondary N) is 1. The highest BCUT2D eigenvalue weighted by molar-refractivity contribution is 5.97. The third-order valence-corrected chi connectivity index (χ3v) is 3.63. The van der Waals surface area contributed by atoms with E-state index in [4.69, 9.17) is 0 Å². The Labute approximate surface area is 140 Å². The van der Waals surface area contributed by atoms with Gasteiger partial charge in [-0.25, -0.2) is 14.5 Å². The monoisotopic (exact) mass is 330 g/mol. The molecule has 1 amide bonds. The molecule has 2 heterocycles. The van der Waals surface area contributed by atoms with Gasteiger partial charge in [0.05, 0.1) is 17.5 Å². The summed E-state index contributed by atoms with van der Waals surface area (Å²) in [4.78, 5) is 28.1. The van der Waals surface area contributed by atoms with Crippen molar-refractivity contribution < 1.29 is 14.7 Å². The van der Waals surface area contributed by atoms with Crippen molar-refractivity contribution in [3.05, 3.63) is 41.9 Å². The van der Waals surface area contributed by atoms with Crippen molar-refractivity contribution in [3.8, 4) is 5.82 Å². The number of hydrogen-bond donors (Lipinski definition) is 2. The Bertz CT molecular complexity index is 710. The van der Waals surface area contributed by atoms with Gasteiger partial charge >= 0.3 is 5.97 Å². The smallest absolute Gasteiger partial charge is 0.326 e. The molecule has 2 rings (SSSR count). The van der Waals surface area contributed by atoms with Crippen LogP contribution in [0.5, 0.6) is 0 Å². The van der Waals surface area contributed by atoms with Crippen LogP contribution in [0.4, 0.5) is 0 Å². The van der Waals surface area contributed by atoms with Gasteiger partial charge in [-0.15, -0.1) is 0 Å². The fourth-order valence-electron chi connectivity index (χ4n) is 2.51. The Kier molecular flexibility index (Phi) is 5.68. The fraction of sp³-hybridized carbons (Fsp3) is 0.412. The van der Waals surface area contributed by atoms with E-state index in [1.54, 1.807) is 23.0 Å². The topological polar surface area (TPSA) is 97.1 Å². The first-order valence-electron chi connectivity index (χ1n) is 7.96. The normalized spacial score (nSPS) is 12.2. The molecular weight excluding hydrogens is 308 g/mol. The van der Waals surface area contributed by atoms with Crippen LogP contribution in [0.25, 0.3) is 5.82 Å². The molecule has 2 aromatic heterocycles. The minimum absolute atomic E-state index is 0.160. The number of carboxylic acids is 1. The zero-order valence-corrected chi connectivity index (χ0v) is 14.1. The van der Waals surface area contributed by atoms with Gasteiger partial charge in [0.25, 0.3) is 5.91 Å². The zero-order chi connectivity index (χ0) is 17.7. The Morgan fingerprint density at radius 1 is 1.33 bits per heavy atom. The van der Waals surface area contributed by atoms with Gasteiger partial charge in [0.2, 0.25) is 0 Å². The molecule has 0 spiro atoms. The van der Waals surface area contributed by atoms with Crippen LogP contribution in [-0.2, 0) is 11.2 Å². The highest BCUT2D eigenvalue weighted by Crippen LogP contribution is 2.15. The van der Waals surface area contributed by atoms with E-state index in [-0.39, 0.29) is 5.92 Å². The second kappa shape index (κ2) is 7.72. The number of carbonyl (C=O) groups is 2. The highest BCUT2D eigenvalue weighted by atomic mass is 16.4. The van der Waals surface area contributed by atoms with Crippen molar-refractivity contribution in [1.29, 1.82) is 0 Å². The van der Waals surface area contributed by atoms with Crippen molar-refractivity contribution in [2.75, 3.05) is 0 Å². The minimum Gasteiger partial charge on any atom is -0.480 e. The number of amides is 1. The molecule has 0 bridgehead atoms. The summed E-state index contributed by atoms with van der Waals surface area (Å²) in [5, 5.41) is 16.1. The maximum absolute atomic E-state index is 12.5. The van der Waals surface area contributed by atoms with Crippen LogP contribution < -0.4 is 5.32 Å². The van der Waals surface area contributed by atoms with Gasteiger partial charge in [0.15, 0.2) is 5.82 Å². The molecule has 7 nitrogen and oxygen atoms in total. The molecule has 7 heteroatoms. The molecular formula is C17H22N4O3. The third-order valence-electron chi connectivity index (χ3n) is 3.63. The molecule has 0 aliphatic heterocycles. The van der Waals surface area contributed by atoms with E-state index >= 15 is 0 Å². The summed E-state index contributed by atoms with van der Waals surface area (Å²) in [5.74, 6) is -0.687. The summed E-state index contributed by atoms with van der Waals surface area (Å²) in [7, 11) is 0. The predicted molar refractivity (Wildman–Crippen MR) is 89.1 cm³/mol. The van der Waals surface area contributed by atoms with Crippen LogP contribution in [0.1, 0.15) is 43.2 Å². The second-order valence-corrected chi connectivity index (χ2v) is 5.95. The number of pyridine rings is 1. The molecule has 0 aromatic carbocycles. The average molecular weight is 330 g/mol. The molecule has 0 aliphatic carbocycles. The number of nitrogens with zero attached hydrogens (tertiary/aromatic N) is 3. The van der Waals surface area contributed by atoms with E-state index in [2.05, 4.69) is 15.4 Å².